The summed E-state index contributed by atoms with van der Waals surface area (Å²) in [5.41, 5.74) is 2.39. The lowest BCUT2D eigenvalue weighted by atomic mass is 10.0. The summed E-state index contributed by atoms with van der Waals surface area (Å²) in [6, 6.07) is 9.99. The lowest BCUT2D eigenvalue weighted by Crippen LogP contribution is -2.43. The summed E-state index contributed by atoms with van der Waals surface area (Å²) in [6.07, 6.45) is -1.41. The van der Waals surface area contributed by atoms with Crippen LogP contribution < -0.4 is 20.3 Å². The van der Waals surface area contributed by atoms with Crippen molar-refractivity contribution in [3.8, 4) is 5.75 Å². The van der Waals surface area contributed by atoms with Crippen LogP contribution in [0.25, 0.3) is 0 Å². The lowest BCUT2D eigenvalue weighted by molar-refractivity contribution is -0.138. The molecule has 0 amide bonds. The quantitative estimate of drug-likeness (QED) is 0.234. The number of anilines is 3. The number of aromatic nitrogens is 2. The van der Waals surface area contributed by atoms with E-state index in [2.05, 4.69) is 25.5 Å². The van der Waals surface area contributed by atoms with Crippen LogP contribution in [0, 0.1) is 3.57 Å². The molecular weight excluding hydrogens is 644 g/mol. The Bertz CT molecular complexity index is 1300. The Hall–Kier alpha value is -2.35. The molecule has 0 aliphatic carbocycles. The molecule has 0 unspecified atom stereocenters. The van der Waals surface area contributed by atoms with E-state index in [0.29, 0.717) is 48.4 Å². The van der Waals surface area contributed by atoms with E-state index < -0.39 is 11.7 Å². The van der Waals surface area contributed by atoms with Gasteiger partial charge >= 0.3 is 6.18 Å². The van der Waals surface area contributed by atoms with Crippen LogP contribution in [0.1, 0.15) is 23.2 Å². The van der Waals surface area contributed by atoms with Gasteiger partial charge in [-0.2, -0.15) is 13.2 Å². The molecule has 3 heterocycles. The number of rotatable bonds is 8. The normalized spacial score (nSPS) is 16.2. The molecule has 2 aliphatic rings. The van der Waals surface area contributed by atoms with Gasteiger partial charge in [0.25, 0.3) is 0 Å². The molecule has 0 radical (unpaired) electrons. The van der Waals surface area contributed by atoms with Crippen LogP contribution in [-0.2, 0) is 19.1 Å². The van der Waals surface area contributed by atoms with Crippen LogP contribution >= 0.6 is 34.2 Å². The van der Waals surface area contributed by atoms with E-state index >= 15 is 0 Å². The first kappa shape index (κ1) is 28.2. The van der Waals surface area contributed by atoms with Gasteiger partial charge in [-0.3, -0.25) is 0 Å². The first-order valence-electron chi connectivity index (χ1n) is 12.8. The minimum atomic E-state index is -4.40. The molecule has 1 saturated heterocycles. The average molecular weight is 673 g/mol. The van der Waals surface area contributed by atoms with Crippen LogP contribution in [-0.4, -0.2) is 60.7 Å². The highest BCUT2D eigenvalue weighted by Gasteiger charge is 2.34. The topological polar surface area (TPSA) is 65.5 Å². The van der Waals surface area contributed by atoms with Crippen LogP contribution in [0.2, 0.25) is 5.02 Å². The summed E-state index contributed by atoms with van der Waals surface area (Å²) in [4.78, 5) is 13.2. The van der Waals surface area contributed by atoms with Gasteiger partial charge in [-0.15, -0.1) is 0 Å². The maximum Gasteiger partial charge on any atom is 0.417 e. The zero-order valence-electron chi connectivity index (χ0n) is 21.2. The summed E-state index contributed by atoms with van der Waals surface area (Å²) in [5, 5.41) is 7.19. The van der Waals surface area contributed by atoms with Crippen molar-refractivity contribution in [2.24, 2.45) is 0 Å². The van der Waals surface area contributed by atoms with Gasteiger partial charge in [-0.25, -0.2) is 9.97 Å². The summed E-state index contributed by atoms with van der Waals surface area (Å²) in [7, 11) is 0. The summed E-state index contributed by atoms with van der Waals surface area (Å²) < 4.78 is 46.4. The zero-order valence-corrected chi connectivity index (χ0v) is 24.1. The standard InChI is InChI=1S/C27H29ClF3IN6O/c28-22-14-18(2-5-25(22)39-13-1-9-37-11-7-33-8-12-37)36-26-20-6-10-38(16-24(20)34-17-35-26)19-3-4-23(32)21(15-19)27(29,30)31/h2-5,14-15,17,33H,1,6-13,16H2,(H,34,35,36). The first-order valence-corrected chi connectivity index (χ1v) is 14.3. The third kappa shape index (κ3) is 7.05. The number of nitrogens with zero attached hydrogens (tertiary/aromatic N) is 4. The smallest absolute Gasteiger partial charge is 0.417 e. The fraction of sp³-hybridized carbons (Fsp3) is 0.407. The maximum absolute atomic E-state index is 13.4. The molecular formula is C27H29ClF3IN6O. The van der Waals surface area contributed by atoms with E-state index in [-0.39, 0.29) is 3.57 Å². The number of fused-ring (bicyclic) bond motifs is 1. The van der Waals surface area contributed by atoms with E-state index in [1.54, 1.807) is 34.7 Å². The molecule has 0 atom stereocenters. The third-order valence-corrected chi connectivity index (χ3v) is 8.14. The number of alkyl halides is 3. The molecule has 1 aromatic heterocycles. The number of halogens is 5. The Labute approximate surface area is 244 Å². The van der Waals surface area contributed by atoms with Crippen LogP contribution in [0.3, 0.4) is 0 Å². The monoisotopic (exact) mass is 672 g/mol. The van der Waals surface area contributed by atoms with E-state index in [1.807, 2.05) is 17.0 Å². The molecule has 39 heavy (non-hydrogen) atoms. The molecule has 7 nitrogen and oxygen atoms in total. The average Bonchev–Trinajstić information content (AvgIpc) is 2.92. The van der Waals surface area contributed by atoms with Crippen molar-refractivity contribution in [2.45, 2.75) is 25.6 Å². The van der Waals surface area contributed by atoms with Crippen molar-refractivity contribution in [1.82, 2.24) is 20.2 Å². The van der Waals surface area contributed by atoms with E-state index in [0.717, 1.165) is 56.1 Å². The number of ether oxygens (including phenoxy) is 1. The molecule has 0 bridgehead atoms. The van der Waals surface area contributed by atoms with E-state index in [9.17, 15) is 13.2 Å². The molecule has 3 aromatic rings. The minimum Gasteiger partial charge on any atom is -0.492 e. The highest BCUT2D eigenvalue weighted by atomic mass is 127. The zero-order chi connectivity index (χ0) is 27.4. The van der Waals surface area contributed by atoms with E-state index in [4.69, 9.17) is 16.3 Å². The Morgan fingerprint density at radius 3 is 2.67 bits per heavy atom. The Kier molecular flexibility index (Phi) is 8.99. The van der Waals surface area contributed by atoms with Gasteiger partial charge in [-0.1, -0.05) is 11.6 Å². The highest BCUT2D eigenvalue weighted by Crippen LogP contribution is 2.37. The van der Waals surface area contributed by atoms with Gasteiger partial charge in [0.2, 0.25) is 0 Å². The van der Waals surface area contributed by atoms with Crippen molar-refractivity contribution < 1.29 is 17.9 Å². The molecule has 2 N–H and O–H groups in total. The third-order valence-electron chi connectivity index (χ3n) is 6.91. The molecule has 2 aliphatic heterocycles. The van der Waals surface area contributed by atoms with Crippen LogP contribution in [0.4, 0.5) is 30.4 Å². The number of hydrogen-bond donors (Lipinski definition) is 2. The lowest BCUT2D eigenvalue weighted by Gasteiger charge is -2.31. The molecule has 2 aromatic carbocycles. The Balaban J connectivity index is 1.21. The number of nitrogens with one attached hydrogen (secondary N) is 2. The predicted octanol–water partition coefficient (Wildman–Crippen LogP) is 5.73. The highest BCUT2D eigenvalue weighted by molar-refractivity contribution is 14.1. The van der Waals surface area contributed by atoms with Gasteiger partial charge in [0.15, 0.2) is 0 Å². The van der Waals surface area contributed by atoms with Gasteiger partial charge in [0, 0.05) is 59.8 Å². The van der Waals surface area contributed by atoms with Crippen molar-refractivity contribution >= 4 is 51.4 Å². The minimum absolute atomic E-state index is 0.181. The van der Waals surface area contributed by atoms with E-state index in [1.165, 1.54) is 18.5 Å². The van der Waals surface area contributed by atoms with Gasteiger partial charge in [0.05, 0.1) is 29.4 Å². The molecule has 0 saturated carbocycles. The fourth-order valence-corrected chi connectivity index (χ4v) is 5.72. The second-order valence-corrected chi connectivity index (χ2v) is 11.1. The van der Waals surface area contributed by atoms with Crippen molar-refractivity contribution in [2.75, 3.05) is 56.1 Å². The number of piperazine rings is 1. The SMILES string of the molecule is FC(F)(F)c1cc(N2CCc3c(ncnc3Nc3ccc(OCCCN4CCNCC4)c(Cl)c3)C2)ccc1I. The van der Waals surface area contributed by atoms with Crippen molar-refractivity contribution in [3.05, 3.63) is 68.1 Å². The van der Waals surface area contributed by atoms with Crippen molar-refractivity contribution in [3.63, 3.8) is 0 Å². The van der Waals surface area contributed by atoms with Crippen molar-refractivity contribution in [1.29, 1.82) is 0 Å². The van der Waals surface area contributed by atoms with Gasteiger partial charge in [-0.05, 0) is 71.8 Å². The number of hydrogen-bond acceptors (Lipinski definition) is 7. The summed E-state index contributed by atoms with van der Waals surface area (Å²) in [5.74, 6) is 1.30. The molecule has 5 rings (SSSR count). The van der Waals surface area contributed by atoms with Crippen LogP contribution in [0.15, 0.2) is 42.7 Å². The Morgan fingerprint density at radius 2 is 1.90 bits per heavy atom. The molecule has 1 fully saturated rings. The van der Waals surface area contributed by atoms with Gasteiger partial charge < -0.3 is 25.2 Å². The first-order chi connectivity index (χ1) is 18.8. The molecule has 0 spiro atoms. The largest absolute Gasteiger partial charge is 0.492 e. The second-order valence-electron chi connectivity index (χ2n) is 9.54. The fourth-order valence-electron chi connectivity index (χ4n) is 4.85. The summed E-state index contributed by atoms with van der Waals surface area (Å²) in [6.45, 7) is 6.74. The molecule has 12 heteroatoms. The second kappa shape index (κ2) is 12.4. The molecule has 208 valence electrons. The summed E-state index contributed by atoms with van der Waals surface area (Å²) >= 11 is 8.23. The van der Waals surface area contributed by atoms with Gasteiger partial charge in [0.1, 0.15) is 17.9 Å². The predicted molar refractivity (Wildman–Crippen MR) is 155 cm³/mol. The Morgan fingerprint density at radius 1 is 1.08 bits per heavy atom. The maximum atomic E-state index is 13.4. The number of benzene rings is 2. The van der Waals surface area contributed by atoms with Crippen LogP contribution in [0.5, 0.6) is 5.75 Å².